The zero-order chi connectivity index (χ0) is 28.0. The van der Waals surface area contributed by atoms with E-state index in [0.29, 0.717) is 44.2 Å². The van der Waals surface area contributed by atoms with Gasteiger partial charge in [-0.1, -0.05) is 24.3 Å². The van der Waals surface area contributed by atoms with Crippen molar-refractivity contribution in [3.05, 3.63) is 52.5 Å². The number of rotatable bonds is 13. The minimum Gasteiger partial charge on any atom is -0.493 e. The van der Waals surface area contributed by atoms with Crippen LogP contribution in [0.15, 0.2) is 36.4 Å². The smallest absolute Gasteiger partial charge is 0.306 e. The normalized spacial score (nSPS) is 14.2. The van der Waals surface area contributed by atoms with Gasteiger partial charge in [0, 0.05) is 12.1 Å². The van der Waals surface area contributed by atoms with Crippen LogP contribution in [-0.4, -0.2) is 83.1 Å². The van der Waals surface area contributed by atoms with Crippen molar-refractivity contribution in [1.82, 2.24) is 10.3 Å². The van der Waals surface area contributed by atoms with Gasteiger partial charge in [-0.05, 0) is 24.0 Å². The molecule has 0 radical (unpaired) electrons. The maximum atomic E-state index is 13.5. The summed E-state index contributed by atoms with van der Waals surface area (Å²) < 4.78 is 23.9. The Morgan fingerprint density at radius 2 is 1.74 bits per heavy atom. The molecular formula is C29H38N3O6S+. The Morgan fingerprint density at radius 3 is 2.38 bits per heavy atom. The van der Waals surface area contributed by atoms with Crippen LogP contribution < -0.4 is 14.8 Å². The van der Waals surface area contributed by atoms with E-state index in [-0.39, 0.29) is 18.9 Å². The van der Waals surface area contributed by atoms with Gasteiger partial charge in [-0.3, -0.25) is 9.59 Å². The average Bonchev–Trinajstić information content (AvgIpc) is 3.48. The Bertz CT molecular complexity index is 1290. The molecule has 0 unspecified atom stereocenters. The van der Waals surface area contributed by atoms with Gasteiger partial charge in [0.1, 0.15) is 18.2 Å². The lowest BCUT2D eigenvalue weighted by molar-refractivity contribution is -0.870. The van der Waals surface area contributed by atoms with Crippen LogP contribution in [0.3, 0.4) is 0 Å². The Kier molecular flexibility index (Phi) is 9.09. The number of methoxy groups -OCH3 is 2. The van der Waals surface area contributed by atoms with Crippen molar-refractivity contribution in [2.24, 2.45) is 5.41 Å². The molecule has 9 nitrogen and oxygen atoms in total. The fourth-order valence-corrected chi connectivity index (χ4v) is 5.65. The third kappa shape index (κ3) is 7.26. The van der Waals surface area contributed by atoms with E-state index in [1.54, 1.807) is 7.11 Å². The van der Waals surface area contributed by atoms with Gasteiger partial charge in [-0.2, -0.15) is 0 Å². The molecule has 0 fully saturated rings. The van der Waals surface area contributed by atoms with Crippen molar-refractivity contribution in [3.63, 3.8) is 0 Å². The predicted molar refractivity (Wildman–Crippen MR) is 150 cm³/mol. The third-order valence-corrected chi connectivity index (χ3v) is 7.90. The highest BCUT2D eigenvalue weighted by molar-refractivity contribution is 7.18. The molecule has 39 heavy (non-hydrogen) atoms. The number of nitrogens with zero attached hydrogens (tertiary/aromatic N) is 2. The molecule has 0 aliphatic heterocycles. The molecule has 0 saturated carbocycles. The topological polar surface area (TPSA) is 96.0 Å². The number of fused-ring (bicyclic) bond motifs is 2. The number of ether oxygens (including phenoxy) is 4. The summed E-state index contributed by atoms with van der Waals surface area (Å²) in [7, 11) is 9.34. The number of carbonyl (C=O) groups excluding carboxylic acids is 2. The molecule has 0 atom stereocenters. The van der Waals surface area contributed by atoms with Crippen molar-refractivity contribution in [3.8, 4) is 11.5 Å². The van der Waals surface area contributed by atoms with Gasteiger partial charge in [-0.25, -0.2) is 4.98 Å². The highest BCUT2D eigenvalue weighted by Crippen LogP contribution is 2.41. The van der Waals surface area contributed by atoms with E-state index >= 15 is 0 Å². The fraction of sp³-hybridized carbons (Fsp3) is 0.483. The molecule has 0 saturated heterocycles. The highest BCUT2D eigenvalue weighted by atomic mass is 32.1. The minimum absolute atomic E-state index is 0.0286. The highest BCUT2D eigenvalue weighted by Gasteiger charge is 2.45. The van der Waals surface area contributed by atoms with Gasteiger partial charge >= 0.3 is 5.97 Å². The van der Waals surface area contributed by atoms with E-state index in [1.807, 2.05) is 36.4 Å². The molecule has 0 spiro atoms. The standard InChI is InChI=1S/C29H37N3O6S/c1-32(2,3)10-11-37-12-13-38-24-14-22-25(15-23(24)35-4)39-26(31-22)19-30-28(34)29(18-27(33)36-5)16-20-8-6-7-9-21(20)17-29/h6-9,14-15H,10-13,16-19H2,1-5H3/p+1. The van der Waals surface area contributed by atoms with E-state index < -0.39 is 11.4 Å². The number of nitrogens with one attached hydrogen (secondary N) is 1. The number of hydrogen-bond donors (Lipinski definition) is 1. The molecule has 1 N–H and O–H groups in total. The summed E-state index contributed by atoms with van der Waals surface area (Å²) in [6, 6.07) is 11.7. The Hall–Kier alpha value is -3.21. The van der Waals surface area contributed by atoms with Crippen LogP contribution in [0.25, 0.3) is 10.2 Å². The van der Waals surface area contributed by atoms with Gasteiger partial charge in [0.15, 0.2) is 11.5 Å². The first-order valence-corrected chi connectivity index (χ1v) is 13.8. The van der Waals surface area contributed by atoms with E-state index in [0.717, 1.165) is 37.4 Å². The average molecular weight is 557 g/mol. The lowest BCUT2D eigenvalue weighted by atomic mass is 9.80. The first-order chi connectivity index (χ1) is 18.6. The van der Waals surface area contributed by atoms with Crippen LogP contribution >= 0.6 is 11.3 Å². The summed E-state index contributed by atoms with van der Waals surface area (Å²) in [5, 5.41) is 3.79. The second-order valence-corrected chi connectivity index (χ2v) is 12.0. The molecule has 1 aliphatic carbocycles. The monoisotopic (exact) mass is 556 g/mol. The number of likely N-dealkylation sites (N-methyl/N-ethyl adjacent to an activating group) is 1. The second kappa shape index (κ2) is 12.3. The predicted octanol–water partition coefficient (Wildman–Crippen LogP) is 3.37. The fourth-order valence-electron chi connectivity index (χ4n) is 4.73. The number of aromatic nitrogens is 1. The number of quaternary nitrogens is 1. The Morgan fingerprint density at radius 1 is 1.03 bits per heavy atom. The summed E-state index contributed by atoms with van der Waals surface area (Å²) in [4.78, 5) is 30.4. The molecule has 4 rings (SSSR count). The quantitative estimate of drug-likeness (QED) is 0.196. The van der Waals surface area contributed by atoms with Crippen LogP contribution in [0.2, 0.25) is 0 Å². The maximum Gasteiger partial charge on any atom is 0.306 e. The number of amides is 1. The summed E-state index contributed by atoms with van der Waals surface area (Å²) in [5.41, 5.74) is 2.08. The zero-order valence-electron chi connectivity index (χ0n) is 23.4. The van der Waals surface area contributed by atoms with Crippen molar-refractivity contribution >= 4 is 33.4 Å². The lowest BCUT2D eigenvalue weighted by Gasteiger charge is -2.26. The molecular weight excluding hydrogens is 518 g/mol. The van der Waals surface area contributed by atoms with E-state index in [9.17, 15) is 9.59 Å². The second-order valence-electron chi connectivity index (χ2n) is 10.9. The van der Waals surface area contributed by atoms with Gasteiger partial charge < -0.3 is 28.7 Å². The van der Waals surface area contributed by atoms with Gasteiger partial charge in [0.2, 0.25) is 5.91 Å². The molecule has 2 aromatic carbocycles. The summed E-state index contributed by atoms with van der Waals surface area (Å²) in [6.45, 7) is 2.72. The Balaban J connectivity index is 1.40. The van der Waals surface area contributed by atoms with Crippen molar-refractivity contribution < 1.29 is 33.0 Å². The first-order valence-electron chi connectivity index (χ1n) is 13.0. The van der Waals surface area contributed by atoms with Gasteiger partial charge in [-0.15, -0.1) is 11.3 Å². The van der Waals surface area contributed by atoms with Crippen molar-refractivity contribution in [1.29, 1.82) is 0 Å². The number of carbonyl (C=O) groups is 2. The van der Waals surface area contributed by atoms with Crippen molar-refractivity contribution in [2.45, 2.75) is 25.8 Å². The number of hydrogen-bond acceptors (Lipinski definition) is 8. The number of benzene rings is 2. The van der Waals surface area contributed by atoms with Crippen LogP contribution in [0.4, 0.5) is 0 Å². The molecule has 1 aromatic heterocycles. The molecule has 1 aliphatic rings. The van der Waals surface area contributed by atoms with Gasteiger partial charge in [0.05, 0.1) is 77.2 Å². The molecule has 1 heterocycles. The van der Waals surface area contributed by atoms with Crippen LogP contribution in [0, 0.1) is 5.41 Å². The van der Waals surface area contributed by atoms with E-state index in [2.05, 4.69) is 26.5 Å². The Labute approximate surface area is 233 Å². The molecule has 1 amide bonds. The molecule has 3 aromatic rings. The van der Waals surface area contributed by atoms with E-state index in [1.165, 1.54) is 18.4 Å². The largest absolute Gasteiger partial charge is 0.493 e. The number of thiazole rings is 1. The minimum atomic E-state index is -0.869. The van der Waals surface area contributed by atoms with Crippen LogP contribution in [-0.2, 0) is 38.4 Å². The molecule has 210 valence electrons. The number of esters is 1. The summed E-state index contributed by atoms with van der Waals surface area (Å²) in [5.74, 6) is 0.655. The first kappa shape index (κ1) is 28.8. The third-order valence-electron chi connectivity index (χ3n) is 6.88. The van der Waals surface area contributed by atoms with Crippen molar-refractivity contribution in [2.75, 3.05) is 61.7 Å². The SMILES string of the molecule is COC(=O)CC1(C(=O)NCc2nc3cc(OCCOCC[N+](C)(C)C)c(OC)cc3s2)Cc2ccccc2C1. The molecule has 10 heteroatoms. The van der Waals surface area contributed by atoms with E-state index in [4.69, 9.17) is 23.9 Å². The summed E-state index contributed by atoms with van der Waals surface area (Å²) in [6.07, 6.45) is 1.03. The zero-order valence-corrected chi connectivity index (χ0v) is 24.2. The van der Waals surface area contributed by atoms with Crippen LogP contribution in [0.1, 0.15) is 22.6 Å². The molecule has 0 bridgehead atoms. The lowest BCUT2D eigenvalue weighted by Crippen LogP contribution is -2.43. The van der Waals surface area contributed by atoms with Gasteiger partial charge in [0.25, 0.3) is 0 Å². The summed E-state index contributed by atoms with van der Waals surface area (Å²) >= 11 is 1.48. The van der Waals surface area contributed by atoms with Crippen LogP contribution in [0.5, 0.6) is 11.5 Å². The maximum absolute atomic E-state index is 13.5.